The molecular weight excluding hydrogens is 204 g/mol. The number of hydrogen-bond acceptors (Lipinski definition) is 3. The van der Waals surface area contributed by atoms with Crippen LogP contribution < -0.4 is 5.73 Å². The number of para-hydroxylation sites is 1. The lowest BCUT2D eigenvalue weighted by Gasteiger charge is -2.12. The molecule has 0 fully saturated rings. The van der Waals surface area contributed by atoms with Gasteiger partial charge in [-0.25, -0.2) is 4.98 Å². The molecule has 2 unspecified atom stereocenters. The number of aromatic nitrogens is 1. The normalized spacial score (nSPS) is 15.4. The van der Waals surface area contributed by atoms with Crippen LogP contribution in [0.5, 0.6) is 0 Å². The number of rotatable bonds is 3. The predicted molar refractivity (Wildman–Crippen MR) is 66.1 cm³/mol. The maximum atomic E-state index is 5.85. The Morgan fingerprint density at radius 3 is 2.73 bits per heavy atom. The SMILES string of the molecule is CC(N)C(C)Cc1nc2ccccc2s1. The van der Waals surface area contributed by atoms with Crippen LogP contribution in [0.3, 0.4) is 0 Å². The number of benzene rings is 1. The van der Waals surface area contributed by atoms with Gasteiger partial charge in [0.1, 0.15) is 0 Å². The Morgan fingerprint density at radius 1 is 1.33 bits per heavy atom. The lowest BCUT2D eigenvalue weighted by molar-refractivity contribution is 0.481. The van der Waals surface area contributed by atoms with E-state index in [1.807, 2.05) is 6.07 Å². The van der Waals surface area contributed by atoms with Gasteiger partial charge < -0.3 is 5.73 Å². The Labute approximate surface area is 94.1 Å². The van der Waals surface area contributed by atoms with Crippen molar-refractivity contribution in [3.8, 4) is 0 Å². The van der Waals surface area contributed by atoms with E-state index in [0.717, 1.165) is 11.9 Å². The molecular formula is C12H16N2S. The van der Waals surface area contributed by atoms with Gasteiger partial charge in [0.15, 0.2) is 0 Å². The monoisotopic (exact) mass is 220 g/mol. The quantitative estimate of drug-likeness (QED) is 0.864. The van der Waals surface area contributed by atoms with Gasteiger partial charge >= 0.3 is 0 Å². The minimum atomic E-state index is 0.233. The van der Waals surface area contributed by atoms with Crippen LogP contribution in [0, 0.1) is 5.92 Å². The van der Waals surface area contributed by atoms with Crippen molar-refractivity contribution >= 4 is 21.6 Å². The number of nitrogens with zero attached hydrogens (tertiary/aromatic N) is 1. The van der Waals surface area contributed by atoms with Crippen LogP contribution in [0.1, 0.15) is 18.9 Å². The number of nitrogens with two attached hydrogens (primary N) is 1. The second-order valence-electron chi connectivity index (χ2n) is 4.12. The minimum Gasteiger partial charge on any atom is -0.328 e. The lowest BCUT2D eigenvalue weighted by Crippen LogP contribution is -2.25. The zero-order chi connectivity index (χ0) is 10.8. The van der Waals surface area contributed by atoms with Crippen molar-refractivity contribution in [3.05, 3.63) is 29.3 Å². The van der Waals surface area contributed by atoms with Crippen LogP contribution in [-0.2, 0) is 6.42 Å². The highest BCUT2D eigenvalue weighted by atomic mass is 32.1. The average Bonchev–Trinajstić information content (AvgIpc) is 2.59. The predicted octanol–water partition coefficient (Wildman–Crippen LogP) is 2.82. The summed E-state index contributed by atoms with van der Waals surface area (Å²) >= 11 is 1.78. The molecule has 0 aliphatic rings. The van der Waals surface area contributed by atoms with Gasteiger partial charge in [-0.3, -0.25) is 0 Å². The van der Waals surface area contributed by atoms with Gasteiger partial charge in [0.05, 0.1) is 15.2 Å². The van der Waals surface area contributed by atoms with E-state index < -0.39 is 0 Å². The molecule has 0 amide bonds. The molecule has 2 atom stereocenters. The molecule has 2 rings (SSSR count). The van der Waals surface area contributed by atoms with E-state index in [-0.39, 0.29) is 6.04 Å². The maximum absolute atomic E-state index is 5.85. The Hall–Kier alpha value is -0.930. The standard InChI is InChI=1S/C12H16N2S/c1-8(9(2)13)7-12-14-10-5-3-4-6-11(10)15-12/h3-6,8-9H,7,13H2,1-2H3. The molecule has 1 heterocycles. The van der Waals surface area contributed by atoms with E-state index in [1.54, 1.807) is 11.3 Å². The second kappa shape index (κ2) is 4.29. The summed E-state index contributed by atoms with van der Waals surface area (Å²) < 4.78 is 1.27. The van der Waals surface area contributed by atoms with Crippen molar-refractivity contribution in [2.45, 2.75) is 26.3 Å². The summed E-state index contributed by atoms with van der Waals surface area (Å²) in [6.45, 7) is 4.23. The first-order chi connectivity index (χ1) is 7.16. The summed E-state index contributed by atoms with van der Waals surface area (Å²) in [7, 11) is 0. The Morgan fingerprint density at radius 2 is 2.07 bits per heavy atom. The third-order valence-electron chi connectivity index (χ3n) is 2.73. The molecule has 2 N–H and O–H groups in total. The minimum absolute atomic E-state index is 0.233. The summed E-state index contributed by atoms with van der Waals surface area (Å²) in [4.78, 5) is 4.60. The highest BCUT2D eigenvalue weighted by Gasteiger charge is 2.11. The highest BCUT2D eigenvalue weighted by Crippen LogP contribution is 2.23. The smallest absolute Gasteiger partial charge is 0.0941 e. The first kappa shape index (κ1) is 10.6. The van der Waals surface area contributed by atoms with Crippen LogP contribution in [0.2, 0.25) is 0 Å². The third-order valence-corrected chi connectivity index (χ3v) is 3.79. The molecule has 1 aromatic heterocycles. The van der Waals surface area contributed by atoms with Crippen molar-refractivity contribution in [3.63, 3.8) is 0 Å². The van der Waals surface area contributed by atoms with Crippen LogP contribution in [-0.4, -0.2) is 11.0 Å². The fraction of sp³-hybridized carbons (Fsp3) is 0.417. The first-order valence-electron chi connectivity index (χ1n) is 5.27. The zero-order valence-corrected chi connectivity index (χ0v) is 9.92. The fourth-order valence-electron chi connectivity index (χ4n) is 1.47. The third kappa shape index (κ3) is 2.36. The van der Waals surface area contributed by atoms with E-state index >= 15 is 0 Å². The molecule has 0 spiro atoms. The summed E-state index contributed by atoms with van der Waals surface area (Å²) in [6.07, 6.45) is 0.983. The van der Waals surface area contributed by atoms with Crippen molar-refractivity contribution in [1.29, 1.82) is 0 Å². The van der Waals surface area contributed by atoms with E-state index in [2.05, 4.69) is 37.0 Å². The Kier molecular flexibility index (Phi) is 3.03. The molecule has 0 saturated heterocycles. The average molecular weight is 220 g/mol. The van der Waals surface area contributed by atoms with Crippen LogP contribution in [0.25, 0.3) is 10.2 Å². The summed E-state index contributed by atoms with van der Waals surface area (Å²) in [5, 5.41) is 1.20. The lowest BCUT2D eigenvalue weighted by atomic mass is 10.0. The molecule has 15 heavy (non-hydrogen) atoms. The van der Waals surface area contributed by atoms with Gasteiger partial charge in [0.25, 0.3) is 0 Å². The fourth-order valence-corrected chi connectivity index (χ4v) is 2.58. The molecule has 0 aliphatic carbocycles. The molecule has 3 heteroatoms. The van der Waals surface area contributed by atoms with Crippen molar-refractivity contribution in [1.82, 2.24) is 4.98 Å². The number of thiazole rings is 1. The molecule has 0 radical (unpaired) electrons. The van der Waals surface area contributed by atoms with Crippen molar-refractivity contribution < 1.29 is 0 Å². The summed E-state index contributed by atoms with van der Waals surface area (Å²) in [6, 6.07) is 8.50. The van der Waals surface area contributed by atoms with E-state index in [1.165, 1.54) is 9.71 Å². The molecule has 2 aromatic rings. The van der Waals surface area contributed by atoms with E-state index in [0.29, 0.717) is 5.92 Å². The van der Waals surface area contributed by atoms with Gasteiger partial charge in [0, 0.05) is 12.5 Å². The van der Waals surface area contributed by atoms with Crippen molar-refractivity contribution in [2.75, 3.05) is 0 Å². The number of hydrogen-bond donors (Lipinski definition) is 1. The van der Waals surface area contributed by atoms with Gasteiger partial charge in [-0.15, -0.1) is 11.3 Å². The van der Waals surface area contributed by atoms with Crippen molar-refractivity contribution in [2.24, 2.45) is 11.7 Å². The van der Waals surface area contributed by atoms with E-state index in [4.69, 9.17) is 5.73 Å². The molecule has 0 saturated carbocycles. The van der Waals surface area contributed by atoms with Crippen LogP contribution in [0.15, 0.2) is 24.3 Å². The van der Waals surface area contributed by atoms with Gasteiger partial charge in [-0.2, -0.15) is 0 Å². The highest BCUT2D eigenvalue weighted by molar-refractivity contribution is 7.18. The zero-order valence-electron chi connectivity index (χ0n) is 9.10. The summed E-state index contributed by atoms with van der Waals surface area (Å²) in [5.74, 6) is 0.491. The molecule has 0 bridgehead atoms. The van der Waals surface area contributed by atoms with E-state index in [9.17, 15) is 0 Å². The molecule has 80 valence electrons. The molecule has 1 aromatic carbocycles. The van der Waals surface area contributed by atoms with Gasteiger partial charge in [-0.1, -0.05) is 19.1 Å². The molecule has 2 nitrogen and oxygen atoms in total. The largest absolute Gasteiger partial charge is 0.328 e. The Bertz CT molecular complexity index is 415. The second-order valence-corrected chi connectivity index (χ2v) is 5.23. The maximum Gasteiger partial charge on any atom is 0.0941 e. The Balaban J connectivity index is 2.22. The van der Waals surface area contributed by atoms with Crippen LogP contribution >= 0.6 is 11.3 Å². The summed E-state index contributed by atoms with van der Waals surface area (Å²) in [5.41, 5.74) is 6.96. The molecule has 0 aliphatic heterocycles. The first-order valence-corrected chi connectivity index (χ1v) is 6.08. The van der Waals surface area contributed by atoms with Crippen LogP contribution in [0.4, 0.5) is 0 Å². The van der Waals surface area contributed by atoms with Gasteiger partial charge in [0.2, 0.25) is 0 Å². The van der Waals surface area contributed by atoms with Gasteiger partial charge in [-0.05, 0) is 25.0 Å². The topological polar surface area (TPSA) is 38.9 Å². The number of fused-ring (bicyclic) bond motifs is 1.